The molecule has 0 saturated heterocycles. The van der Waals surface area contributed by atoms with Gasteiger partial charge in [-0.3, -0.25) is 4.79 Å². The van der Waals surface area contributed by atoms with Crippen molar-refractivity contribution in [1.29, 1.82) is 0 Å². The molecule has 0 amide bonds. The van der Waals surface area contributed by atoms with Gasteiger partial charge in [0, 0.05) is 24.1 Å². The second kappa shape index (κ2) is 4.97. The summed E-state index contributed by atoms with van der Waals surface area (Å²) >= 11 is 2.06. The van der Waals surface area contributed by atoms with Crippen molar-refractivity contribution in [1.82, 2.24) is 4.57 Å². The number of fused-ring (bicyclic) bond motifs is 1. The minimum atomic E-state index is -3.62. The molecule has 1 heterocycles. The topological polar surface area (TPSA) is 48.3 Å². The van der Waals surface area contributed by atoms with Crippen LogP contribution in [-0.2, 0) is 11.8 Å². The van der Waals surface area contributed by atoms with Crippen molar-refractivity contribution in [3.8, 4) is 0 Å². The van der Waals surface area contributed by atoms with E-state index >= 15 is 0 Å². The van der Waals surface area contributed by atoms with Crippen LogP contribution in [0.4, 0.5) is 8.78 Å². The van der Waals surface area contributed by atoms with Gasteiger partial charge in [-0.2, -0.15) is 8.78 Å². The van der Waals surface area contributed by atoms with Crippen molar-refractivity contribution < 1.29 is 23.1 Å². The van der Waals surface area contributed by atoms with Gasteiger partial charge in [0.25, 0.3) is 0 Å². The van der Waals surface area contributed by atoms with Crippen molar-refractivity contribution in [3.05, 3.63) is 35.5 Å². The lowest BCUT2D eigenvalue weighted by Gasteiger charge is -2.05. The molecule has 0 spiro atoms. The van der Waals surface area contributed by atoms with E-state index in [0.29, 0.717) is 10.9 Å². The van der Waals surface area contributed by atoms with Gasteiger partial charge >= 0.3 is 10.8 Å². The number of Topliss-reactive ketones (excluding diaryl/α,β-unsaturated/α-hetero) is 1. The molecule has 0 aliphatic carbocycles. The maximum Gasteiger partial charge on any atom is 0.363 e. The first kappa shape index (κ1) is 14.6. The molecule has 0 bridgehead atoms. The van der Waals surface area contributed by atoms with Gasteiger partial charge in [-0.1, -0.05) is 6.07 Å². The molecule has 2 rings (SSSR count). The molecule has 7 heteroatoms. The highest BCUT2D eigenvalue weighted by Gasteiger charge is 2.37. The Bertz CT molecular complexity index is 703. The number of halogens is 3. The molecular formula is C13H10BrF2NO3. The second-order valence-corrected chi connectivity index (χ2v) is 5.20. The molecule has 106 valence electrons. The fourth-order valence-corrected chi connectivity index (χ4v) is 2.18. The Kier molecular flexibility index (Phi) is 3.64. The molecule has 0 fully saturated rings. The largest absolute Gasteiger partial charge is 0.465 e. The van der Waals surface area contributed by atoms with Crippen molar-refractivity contribution in [3.63, 3.8) is 0 Å². The maximum absolute atomic E-state index is 13.1. The van der Waals surface area contributed by atoms with Crippen LogP contribution in [0.2, 0.25) is 0 Å². The summed E-state index contributed by atoms with van der Waals surface area (Å²) in [6.45, 7) is 0. The van der Waals surface area contributed by atoms with Gasteiger partial charge in [-0.05, 0) is 28.1 Å². The minimum absolute atomic E-state index is 0.110. The molecule has 0 unspecified atom stereocenters. The highest BCUT2D eigenvalue weighted by Crippen LogP contribution is 2.31. The molecule has 4 nitrogen and oxygen atoms in total. The van der Waals surface area contributed by atoms with E-state index in [4.69, 9.17) is 0 Å². The van der Waals surface area contributed by atoms with Crippen molar-refractivity contribution in [2.75, 3.05) is 7.11 Å². The summed E-state index contributed by atoms with van der Waals surface area (Å²) in [4.78, 5) is 19.5. The van der Waals surface area contributed by atoms with Crippen molar-refractivity contribution >= 4 is 38.6 Å². The van der Waals surface area contributed by atoms with E-state index in [1.54, 1.807) is 7.05 Å². The van der Waals surface area contributed by atoms with Crippen LogP contribution in [0, 0.1) is 0 Å². The first-order valence-corrected chi connectivity index (χ1v) is 6.34. The van der Waals surface area contributed by atoms with Crippen LogP contribution in [0.25, 0.3) is 10.9 Å². The van der Waals surface area contributed by atoms with Gasteiger partial charge < -0.3 is 9.30 Å². The zero-order valence-corrected chi connectivity index (χ0v) is 12.2. The Hall–Kier alpha value is -1.76. The van der Waals surface area contributed by atoms with E-state index in [9.17, 15) is 18.4 Å². The molecule has 0 N–H and O–H groups in total. The molecule has 0 aliphatic rings. The lowest BCUT2D eigenvalue weighted by Crippen LogP contribution is -2.20. The fraction of sp³-hybridized carbons (Fsp3) is 0.231. The van der Waals surface area contributed by atoms with Crippen LogP contribution < -0.4 is 0 Å². The highest BCUT2D eigenvalue weighted by atomic mass is 79.9. The highest BCUT2D eigenvalue weighted by molar-refractivity contribution is 9.10. The zero-order chi connectivity index (χ0) is 15.1. The van der Waals surface area contributed by atoms with Crippen LogP contribution in [0.1, 0.15) is 20.7 Å². The normalized spacial score (nSPS) is 11.7. The average Bonchev–Trinajstić information content (AvgIpc) is 2.72. The monoisotopic (exact) mass is 345 g/mol. The van der Waals surface area contributed by atoms with Crippen molar-refractivity contribution in [2.24, 2.45) is 7.05 Å². The molecular weight excluding hydrogens is 336 g/mol. The van der Waals surface area contributed by atoms with Crippen LogP contribution in [-0.4, -0.2) is 28.3 Å². The molecule has 0 radical (unpaired) electrons. The lowest BCUT2D eigenvalue weighted by molar-refractivity contribution is 0.0593. The summed E-state index contributed by atoms with van der Waals surface area (Å²) in [5, 5.41) is 0.351. The molecule has 1 aromatic carbocycles. The van der Waals surface area contributed by atoms with Crippen LogP contribution in [0.15, 0.2) is 24.4 Å². The summed E-state index contributed by atoms with van der Waals surface area (Å²) in [6.07, 6.45) is 1.31. The second-order valence-electron chi connectivity index (χ2n) is 4.20. The van der Waals surface area contributed by atoms with Gasteiger partial charge in [0.05, 0.1) is 18.2 Å². The molecule has 0 atom stereocenters. The average molecular weight is 346 g/mol. The Morgan fingerprint density at radius 2 is 2.00 bits per heavy atom. The zero-order valence-electron chi connectivity index (χ0n) is 10.6. The van der Waals surface area contributed by atoms with E-state index in [1.807, 2.05) is 0 Å². The Labute approximate surface area is 121 Å². The SMILES string of the molecule is COC(=O)c1ccc2c(C(=O)C(F)(F)Br)cn(C)c2c1. The number of aryl methyl sites for hydroxylation is 1. The third-order valence-electron chi connectivity index (χ3n) is 2.91. The van der Waals surface area contributed by atoms with Crippen LogP contribution >= 0.6 is 15.9 Å². The third-order valence-corrected chi connectivity index (χ3v) is 3.27. The first-order valence-electron chi connectivity index (χ1n) is 5.54. The minimum Gasteiger partial charge on any atom is -0.465 e. The summed E-state index contributed by atoms with van der Waals surface area (Å²) in [5.74, 6) is -1.86. The van der Waals surface area contributed by atoms with Gasteiger partial charge in [0.2, 0.25) is 5.78 Å². The van der Waals surface area contributed by atoms with E-state index in [2.05, 4.69) is 20.7 Å². The molecule has 1 aromatic heterocycles. The number of carbonyl (C=O) groups is 2. The first-order chi connectivity index (χ1) is 9.25. The standard InChI is InChI=1S/C13H10BrF2NO3/c1-17-6-9(11(18)13(14,15)16)8-4-3-7(5-10(8)17)12(19)20-2/h3-6H,1-2H3. The number of aromatic nitrogens is 1. The number of hydrogen-bond acceptors (Lipinski definition) is 3. The Morgan fingerprint density at radius 1 is 1.35 bits per heavy atom. The van der Waals surface area contributed by atoms with E-state index in [0.717, 1.165) is 0 Å². The van der Waals surface area contributed by atoms with E-state index in [-0.39, 0.29) is 11.1 Å². The Balaban J connectivity index is 2.62. The number of hydrogen-bond donors (Lipinski definition) is 0. The van der Waals surface area contributed by atoms with Crippen molar-refractivity contribution in [2.45, 2.75) is 4.83 Å². The summed E-state index contributed by atoms with van der Waals surface area (Å²) in [5.41, 5.74) is 0.666. The number of ketones is 1. The third kappa shape index (κ3) is 2.45. The molecule has 0 aliphatic heterocycles. The van der Waals surface area contributed by atoms with Crippen LogP contribution in [0.5, 0.6) is 0 Å². The number of methoxy groups -OCH3 is 1. The van der Waals surface area contributed by atoms with Gasteiger partial charge in [0.15, 0.2) is 0 Å². The summed E-state index contributed by atoms with van der Waals surface area (Å²) in [7, 11) is 2.85. The van der Waals surface area contributed by atoms with E-state index in [1.165, 1.54) is 36.1 Å². The van der Waals surface area contributed by atoms with E-state index < -0.39 is 16.6 Å². The summed E-state index contributed by atoms with van der Waals surface area (Å²) < 4.78 is 32.3. The number of alkyl halides is 3. The predicted molar refractivity (Wildman–Crippen MR) is 72.5 cm³/mol. The smallest absolute Gasteiger partial charge is 0.363 e. The fourth-order valence-electron chi connectivity index (χ4n) is 1.96. The van der Waals surface area contributed by atoms with Gasteiger partial charge in [0.1, 0.15) is 0 Å². The summed E-state index contributed by atoms with van der Waals surface area (Å²) in [6, 6.07) is 4.37. The number of ether oxygens (including phenoxy) is 1. The van der Waals surface area contributed by atoms with Crippen LogP contribution in [0.3, 0.4) is 0 Å². The number of carbonyl (C=O) groups excluding carboxylic acids is 2. The number of nitrogens with zero attached hydrogens (tertiary/aromatic N) is 1. The van der Waals surface area contributed by atoms with Gasteiger partial charge in [-0.25, -0.2) is 4.79 Å². The molecule has 2 aromatic rings. The van der Waals surface area contributed by atoms with Gasteiger partial charge in [-0.15, -0.1) is 0 Å². The predicted octanol–water partition coefficient (Wildman–Crippen LogP) is 3.14. The number of rotatable bonds is 3. The number of benzene rings is 1. The number of esters is 1. The maximum atomic E-state index is 13.1. The lowest BCUT2D eigenvalue weighted by atomic mass is 10.1. The molecule has 20 heavy (non-hydrogen) atoms. The molecule has 0 saturated carbocycles. The quantitative estimate of drug-likeness (QED) is 0.487. The Morgan fingerprint density at radius 3 is 2.55 bits per heavy atom.